The van der Waals surface area contributed by atoms with Crippen molar-refractivity contribution in [1.82, 2.24) is 4.98 Å². The number of hydrogen-bond acceptors (Lipinski definition) is 3. The van der Waals surface area contributed by atoms with Crippen molar-refractivity contribution in [2.75, 3.05) is 6.61 Å². The number of ether oxygens (including phenoxy) is 1. The molecule has 1 rings (SSSR count). The first-order chi connectivity index (χ1) is 8.02. The van der Waals surface area contributed by atoms with Gasteiger partial charge in [0.1, 0.15) is 5.82 Å². The van der Waals surface area contributed by atoms with Crippen LogP contribution in [-0.2, 0) is 10.1 Å². The second kappa shape index (κ2) is 6.00. The molecule has 3 nitrogen and oxygen atoms in total. The molecule has 0 aromatic carbocycles. The first kappa shape index (κ1) is 14.0. The molecule has 0 spiro atoms. The fraction of sp³-hybridized carbons (Fsp3) is 0.400. The normalized spacial score (nSPS) is 10.7. The molecule has 1 aromatic heterocycles. The summed E-state index contributed by atoms with van der Waals surface area (Å²) in [7, 11) is 0. The summed E-state index contributed by atoms with van der Waals surface area (Å²) in [6.45, 7) is 1.57. The van der Waals surface area contributed by atoms with Crippen LogP contribution in [0.5, 0.6) is 0 Å². The molecule has 0 unspecified atom stereocenters. The smallest absolute Gasteiger partial charge is 0.357 e. The Morgan fingerprint density at radius 3 is 2.71 bits per heavy atom. The van der Waals surface area contributed by atoms with Crippen molar-refractivity contribution in [3.8, 4) is 0 Å². The second-order valence-electron chi connectivity index (χ2n) is 3.00. The molecule has 0 N–H and O–H groups in total. The van der Waals surface area contributed by atoms with Crippen molar-refractivity contribution < 1.29 is 22.7 Å². The predicted molar refractivity (Wildman–Crippen MR) is 57.7 cm³/mol. The number of nitrogens with zero attached hydrogens (tertiary/aromatic N) is 1. The molecule has 7 heteroatoms. The SMILES string of the molecule is CCOC(=O)c1ncc(F)c(CBr)c1C(F)F. The number of rotatable bonds is 4. The van der Waals surface area contributed by atoms with Gasteiger partial charge in [-0.3, -0.25) is 0 Å². The third-order valence-corrected chi connectivity index (χ3v) is 2.56. The summed E-state index contributed by atoms with van der Waals surface area (Å²) >= 11 is 2.90. The summed E-state index contributed by atoms with van der Waals surface area (Å²) in [6, 6.07) is 0. The number of hydrogen-bond donors (Lipinski definition) is 0. The van der Waals surface area contributed by atoms with Gasteiger partial charge in [0.05, 0.1) is 18.4 Å². The first-order valence-electron chi connectivity index (χ1n) is 4.71. The van der Waals surface area contributed by atoms with Crippen LogP contribution < -0.4 is 0 Å². The molecule has 94 valence electrons. The highest BCUT2D eigenvalue weighted by Gasteiger charge is 2.26. The number of carbonyl (C=O) groups excluding carboxylic acids is 1. The Bertz CT molecular complexity index is 426. The summed E-state index contributed by atoms with van der Waals surface area (Å²) in [4.78, 5) is 14.8. The van der Waals surface area contributed by atoms with Crippen molar-refractivity contribution in [3.63, 3.8) is 0 Å². The molecule has 0 atom stereocenters. The lowest BCUT2D eigenvalue weighted by atomic mass is 10.1. The summed E-state index contributed by atoms with van der Waals surface area (Å²) < 4.78 is 43.5. The van der Waals surface area contributed by atoms with E-state index in [-0.39, 0.29) is 17.5 Å². The molecule has 1 aromatic rings. The van der Waals surface area contributed by atoms with Gasteiger partial charge >= 0.3 is 5.97 Å². The lowest BCUT2D eigenvalue weighted by Crippen LogP contribution is -2.14. The van der Waals surface area contributed by atoms with Crippen LogP contribution in [0.2, 0.25) is 0 Å². The Balaban J connectivity index is 3.35. The second-order valence-corrected chi connectivity index (χ2v) is 3.56. The maximum absolute atomic E-state index is 13.3. The number of aromatic nitrogens is 1. The molecular formula is C10H9BrF3NO2. The summed E-state index contributed by atoms with van der Waals surface area (Å²) in [6.07, 6.45) is -2.26. The Labute approximate surface area is 104 Å². The zero-order chi connectivity index (χ0) is 13.0. The van der Waals surface area contributed by atoms with Gasteiger partial charge in [0.15, 0.2) is 5.69 Å². The molecule has 0 saturated heterocycles. The average Bonchev–Trinajstić information content (AvgIpc) is 2.28. The average molecular weight is 312 g/mol. The molecule has 0 aliphatic rings. The minimum atomic E-state index is -3.00. The highest BCUT2D eigenvalue weighted by molar-refractivity contribution is 9.08. The van der Waals surface area contributed by atoms with E-state index in [1.54, 1.807) is 0 Å². The minimum absolute atomic E-state index is 0.0320. The fourth-order valence-corrected chi connectivity index (χ4v) is 1.84. The first-order valence-corrected chi connectivity index (χ1v) is 5.83. The van der Waals surface area contributed by atoms with Gasteiger partial charge in [0.25, 0.3) is 6.43 Å². The molecule has 0 aliphatic carbocycles. The van der Waals surface area contributed by atoms with E-state index >= 15 is 0 Å². The van der Waals surface area contributed by atoms with Crippen molar-refractivity contribution in [2.24, 2.45) is 0 Å². The predicted octanol–water partition coefficient (Wildman–Crippen LogP) is 3.23. The zero-order valence-electron chi connectivity index (χ0n) is 8.84. The van der Waals surface area contributed by atoms with Gasteiger partial charge in [-0.15, -0.1) is 0 Å². The quantitative estimate of drug-likeness (QED) is 0.633. The van der Waals surface area contributed by atoms with Crippen LogP contribution in [0.25, 0.3) is 0 Å². The van der Waals surface area contributed by atoms with Gasteiger partial charge in [-0.05, 0) is 6.92 Å². The molecule has 0 aliphatic heterocycles. The Hall–Kier alpha value is -1.11. The van der Waals surface area contributed by atoms with E-state index < -0.39 is 29.5 Å². The highest BCUT2D eigenvalue weighted by atomic mass is 79.9. The van der Waals surface area contributed by atoms with Crippen LogP contribution in [0.4, 0.5) is 13.2 Å². The van der Waals surface area contributed by atoms with Crippen molar-refractivity contribution in [3.05, 3.63) is 28.8 Å². The van der Waals surface area contributed by atoms with E-state index in [0.717, 1.165) is 6.20 Å². The minimum Gasteiger partial charge on any atom is -0.461 e. The molecule has 17 heavy (non-hydrogen) atoms. The highest BCUT2D eigenvalue weighted by Crippen LogP contribution is 2.29. The lowest BCUT2D eigenvalue weighted by molar-refractivity contribution is 0.0507. The maximum Gasteiger partial charge on any atom is 0.357 e. The monoisotopic (exact) mass is 311 g/mol. The Morgan fingerprint density at radius 1 is 1.59 bits per heavy atom. The largest absolute Gasteiger partial charge is 0.461 e. The lowest BCUT2D eigenvalue weighted by Gasteiger charge is -2.11. The standard InChI is InChI=1S/C10H9BrF3NO2/c1-2-17-10(16)8-7(9(13)14)5(3-11)6(12)4-15-8/h4,9H,2-3H2,1H3. The van der Waals surface area contributed by atoms with Crippen LogP contribution in [0.1, 0.15) is 35.0 Å². The number of carbonyl (C=O) groups is 1. The van der Waals surface area contributed by atoms with Crippen molar-refractivity contribution >= 4 is 21.9 Å². The topological polar surface area (TPSA) is 39.2 Å². The van der Waals surface area contributed by atoms with Gasteiger partial charge < -0.3 is 4.74 Å². The molecule has 0 amide bonds. The van der Waals surface area contributed by atoms with Crippen molar-refractivity contribution in [2.45, 2.75) is 18.7 Å². The molecule has 0 bridgehead atoms. The number of halogens is 4. The van der Waals surface area contributed by atoms with E-state index in [9.17, 15) is 18.0 Å². The Kier molecular flexibility index (Phi) is 4.92. The van der Waals surface area contributed by atoms with Gasteiger partial charge in [-0.25, -0.2) is 22.9 Å². The molecule has 0 saturated carbocycles. The van der Waals surface area contributed by atoms with Crippen LogP contribution in [0.3, 0.4) is 0 Å². The molecule has 0 fully saturated rings. The van der Waals surface area contributed by atoms with Crippen LogP contribution in [0, 0.1) is 5.82 Å². The van der Waals surface area contributed by atoms with E-state index in [2.05, 4.69) is 25.7 Å². The van der Waals surface area contributed by atoms with E-state index in [1.165, 1.54) is 6.92 Å². The van der Waals surface area contributed by atoms with Gasteiger partial charge in [-0.1, -0.05) is 15.9 Å². The van der Waals surface area contributed by atoms with Gasteiger partial charge in [0.2, 0.25) is 0 Å². The van der Waals surface area contributed by atoms with Crippen LogP contribution >= 0.6 is 15.9 Å². The third-order valence-electron chi connectivity index (χ3n) is 2.00. The fourth-order valence-electron chi connectivity index (χ4n) is 1.27. The summed E-state index contributed by atoms with van der Waals surface area (Å²) in [5, 5.41) is -0.132. The van der Waals surface area contributed by atoms with Crippen molar-refractivity contribution in [1.29, 1.82) is 0 Å². The van der Waals surface area contributed by atoms with Crippen LogP contribution in [-0.4, -0.2) is 17.6 Å². The third kappa shape index (κ3) is 2.96. The van der Waals surface area contributed by atoms with Gasteiger partial charge in [-0.2, -0.15) is 0 Å². The van der Waals surface area contributed by atoms with Gasteiger partial charge in [0, 0.05) is 10.9 Å². The number of esters is 1. The van der Waals surface area contributed by atoms with Crippen LogP contribution in [0.15, 0.2) is 6.20 Å². The van der Waals surface area contributed by atoms with E-state index in [1.807, 2.05) is 0 Å². The number of alkyl halides is 3. The number of pyridine rings is 1. The van der Waals surface area contributed by atoms with E-state index in [4.69, 9.17) is 0 Å². The molecule has 1 heterocycles. The molecular weight excluding hydrogens is 303 g/mol. The zero-order valence-corrected chi connectivity index (χ0v) is 10.4. The van der Waals surface area contributed by atoms with E-state index in [0.29, 0.717) is 0 Å². The summed E-state index contributed by atoms with van der Waals surface area (Å²) in [5.41, 5.74) is -1.55. The molecule has 0 radical (unpaired) electrons. The maximum atomic E-state index is 13.3. The summed E-state index contributed by atoms with van der Waals surface area (Å²) in [5.74, 6) is -1.87. The Morgan fingerprint density at radius 2 is 2.24 bits per heavy atom.